The molecule has 0 atom stereocenters. The second-order valence-electron chi connectivity index (χ2n) is 3.94. The predicted octanol–water partition coefficient (Wildman–Crippen LogP) is 2.83. The molecule has 0 aromatic heterocycles. The van der Waals surface area contributed by atoms with Crippen LogP contribution in [0.2, 0.25) is 0 Å². The fourth-order valence-corrected chi connectivity index (χ4v) is 2.05. The van der Waals surface area contributed by atoms with Crippen LogP contribution in [-0.4, -0.2) is 31.6 Å². The van der Waals surface area contributed by atoms with Gasteiger partial charge in [-0.1, -0.05) is 28.1 Å². The lowest BCUT2D eigenvalue weighted by Gasteiger charge is -2.14. The van der Waals surface area contributed by atoms with Gasteiger partial charge in [0, 0.05) is 11.0 Å². The second kappa shape index (κ2) is 8.25. The van der Waals surface area contributed by atoms with E-state index >= 15 is 0 Å². The van der Waals surface area contributed by atoms with Crippen LogP contribution in [0.15, 0.2) is 28.7 Å². The summed E-state index contributed by atoms with van der Waals surface area (Å²) >= 11 is 3.44. The second-order valence-corrected chi connectivity index (χ2v) is 4.86. The number of benzene rings is 1. The van der Waals surface area contributed by atoms with Gasteiger partial charge in [-0.05, 0) is 43.6 Å². The van der Waals surface area contributed by atoms with E-state index in [1.54, 1.807) is 0 Å². The maximum Gasteiger partial charge on any atom is 0.292 e. The highest BCUT2D eigenvalue weighted by molar-refractivity contribution is 9.10. The van der Waals surface area contributed by atoms with Gasteiger partial charge in [0.1, 0.15) is 0 Å². The summed E-state index contributed by atoms with van der Waals surface area (Å²) in [4.78, 5) is 11.5. The quantitative estimate of drug-likeness (QED) is 0.804. The molecule has 4 heteroatoms. The molecule has 2 rings (SSSR count). The number of methoxy groups -OCH3 is 1. The Kier molecular flexibility index (Phi) is 6.89. The van der Waals surface area contributed by atoms with Gasteiger partial charge in [-0.3, -0.25) is 9.69 Å². The molecule has 94 valence electrons. The van der Waals surface area contributed by atoms with Crippen molar-refractivity contribution >= 4 is 22.4 Å². The summed E-state index contributed by atoms with van der Waals surface area (Å²) in [7, 11) is 1.31. The molecule has 0 unspecified atom stereocenters. The standard InChI is InChI=1S/C11H14BrN.C2H4O2/c12-11-5-3-10(4-6-11)9-13-7-1-2-8-13;1-4-2-3/h3-6H,1-2,7-9H2;2H,1H3. The third-order valence-corrected chi connectivity index (χ3v) is 3.14. The molecule has 1 fully saturated rings. The summed E-state index contributed by atoms with van der Waals surface area (Å²) in [5.41, 5.74) is 1.42. The van der Waals surface area contributed by atoms with Gasteiger partial charge >= 0.3 is 0 Å². The predicted molar refractivity (Wildman–Crippen MR) is 71.7 cm³/mol. The Morgan fingerprint density at radius 2 is 1.82 bits per heavy atom. The highest BCUT2D eigenvalue weighted by atomic mass is 79.9. The van der Waals surface area contributed by atoms with E-state index in [4.69, 9.17) is 4.79 Å². The summed E-state index contributed by atoms with van der Waals surface area (Å²) in [5.74, 6) is 0. The molecule has 0 N–H and O–H groups in total. The third-order valence-electron chi connectivity index (χ3n) is 2.61. The zero-order valence-electron chi connectivity index (χ0n) is 10.1. The smallest absolute Gasteiger partial charge is 0.292 e. The lowest BCUT2D eigenvalue weighted by atomic mass is 10.2. The van der Waals surface area contributed by atoms with Gasteiger partial charge < -0.3 is 4.74 Å². The van der Waals surface area contributed by atoms with E-state index in [0.717, 1.165) is 11.0 Å². The summed E-state index contributed by atoms with van der Waals surface area (Å²) in [5, 5.41) is 0. The lowest BCUT2D eigenvalue weighted by Crippen LogP contribution is -2.18. The molecule has 1 aliphatic heterocycles. The van der Waals surface area contributed by atoms with Gasteiger partial charge in [0.05, 0.1) is 7.11 Å². The van der Waals surface area contributed by atoms with Crippen molar-refractivity contribution in [3.05, 3.63) is 34.3 Å². The first-order valence-corrected chi connectivity index (χ1v) is 6.49. The minimum Gasteiger partial charge on any atom is -0.471 e. The van der Waals surface area contributed by atoms with Crippen LogP contribution >= 0.6 is 15.9 Å². The van der Waals surface area contributed by atoms with Crippen LogP contribution < -0.4 is 0 Å². The molecule has 1 aromatic rings. The van der Waals surface area contributed by atoms with Crippen molar-refractivity contribution in [2.45, 2.75) is 19.4 Å². The van der Waals surface area contributed by atoms with Crippen molar-refractivity contribution in [2.24, 2.45) is 0 Å². The van der Waals surface area contributed by atoms with Crippen molar-refractivity contribution in [1.82, 2.24) is 4.90 Å². The van der Waals surface area contributed by atoms with E-state index in [0.29, 0.717) is 6.47 Å². The third kappa shape index (κ3) is 5.84. The minimum absolute atomic E-state index is 0.375. The summed E-state index contributed by atoms with van der Waals surface area (Å²) < 4.78 is 5.03. The number of nitrogens with zero attached hydrogens (tertiary/aromatic N) is 1. The summed E-state index contributed by atoms with van der Waals surface area (Å²) in [6, 6.07) is 8.63. The minimum atomic E-state index is 0.375. The van der Waals surface area contributed by atoms with Crippen LogP contribution in [-0.2, 0) is 16.1 Å². The molecular weight excluding hydrogens is 282 g/mol. The topological polar surface area (TPSA) is 29.5 Å². The van der Waals surface area contributed by atoms with E-state index in [2.05, 4.69) is 49.8 Å². The highest BCUT2D eigenvalue weighted by Gasteiger charge is 2.10. The van der Waals surface area contributed by atoms with Crippen molar-refractivity contribution in [3.8, 4) is 0 Å². The maximum absolute atomic E-state index is 8.95. The maximum atomic E-state index is 8.95. The molecular formula is C13H18BrNO2. The van der Waals surface area contributed by atoms with Crippen molar-refractivity contribution < 1.29 is 9.53 Å². The van der Waals surface area contributed by atoms with Gasteiger partial charge in [-0.25, -0.2) is 0 Å². The van der Waals surface area contributed by atoms with E-state index < -0.39 is 0 Å². The summed E-state index contributed by atoms with van der Waals surface area (Å²) in [6.07, 6.45) is 2.74. The Morgan fingerprint density at radius 3 is 2.29 bits per heavy atom. The molecule has 1 saturated heterocycles. The first-order chi connectivity index (χ1) is 8.26. The fourth-order valence-electron chi connectivity index (χ4n) is 1.79. The van der Waals surface area contributed by atoms with Gasteiger partial charge in [-0.15, -0.1) is 0 Å². The average Bonchev–Trinajstić information content (AvgIpc) is 2.85. The van der Waals surface area contributed by atoms with E-state index in [1.807, 2.05) is 0 Å². The molecule has 0 radical (unpaired) electrons. The van der Waals surface area contributed by atoms with Crippen LogP contribution in [0.4, 0.5) is 0 Å². The Balaban J connectivity index is 0.000000317. The average molecular weight is 300 g/mol. The molecule has 0 saturated carbocycles. The number of carbonyl (C=O) groups excluding carboxylic acids is 1. The van der Waals surface area contributed by atoms with Crippen molar-refractivity contribution in [2.75, 3.05) is 20.2 Å². The van der Waals surface area contributed by atoms with Crippen LogP contribution in [0.1, 0.15) is 18.4 Å². The molecule has 0 amide bonds. The Morgan fingerprint density at radius 1 is 1.29 bits per heavy atom. The SMILES string of the molecule is Brc1ccc(CN2CCCC2)cc1.COC=O. The normalized spacial score (nSPS) is 14.9. The Bertz CT molecular complexity index is 321. The lowest BCUT2D eigenvalue weighted by molar-refractivity contribution is -0.126. The van der Waals surface area contributed by atoms with Crippen molar-refractivity contribution in [3.63, 3.8) is 0 Å². The zero-order chi connectivity index (χ0) is 12.5. The number of rotatable bonds is 3. The molecule has 0 aliphatic carbocycles. The zero-order valence-corrected chi connectivity index (χ0v) is 11.6. The monoisotopic (exact) mass is 299 g/mol. The first-order valence-electron chi connectivity index (χ1n) is 5.69. The van der Waals surface area contributed by atoms with Gasteiger partial charge in [0.2, 0.25) is 0 Å². The molecule has 17 heavy (non-hydrogen) atoms. The molecule has 1 aromatic carbocycles. The molecule has 3 nitrogen and oxygen atoms in total. The molecule has 0 spiro atoms. The number of hydrogen-bond acceptors (Lipinski definition) is 3. The molecule has 0 bridgehead atoms. The number of likely N-dealkylation sites (tertiary alicyclic amines) is 1. The van der Waals surface area contributed by atoms with E-state index in [1.165, 1.54) is 38.6 Å². The van der Waals surface area contributed by atoms with Crippen LogP contribution in [0.3, 0.4) is 0 Å². The number of ether oxygens (including phenoxy) is 1. The van der Waals surface area contributed by atoms with Gasteiger partial charge in [0.25, 0.3) is 6.47 Å². The number of halogens is 1. The Labute approximate surface area is 111 Å². The fraction of sp³-hybridized carbons (Fsp3) is 0.462. The van der Waals surface area contributed by atoms with E-state index in [9.17, 15) is 0 Å². The Hall–Kier alpha value is -0.870. The van der Waals surface area contributed by atoms with Crippen LogP contribution in [0.25, 0.3) is 0 Å². The largest absolute Gasteiger partial charge is 0.471 e. The first kappa shape index (κ1) is 14.2. The molecule has 1 aliphatic rings. The van der Waals surface area contributed by atoms with E-state index in [-0.39, 0.29) is 0 Å². The van der Waals surface area contributed by atoms with Crippen LogP contribution in [0.5, 0.6) is 0 Å². The summed E-state index contributed by atoms with van der Waals surface area (Å²) in [6.45, 7) is 4.04. The van der Waals surface area contributed by atoms with Crippen molar-refractivity contribution in [1.29, 1.82) is 0 Å². The van der Waals surface area contributed by atoms with Crippen LogP contribution in [0, 0.1) is 0 Å². The van der Waals surface area contributed by atoms with Gasteiger partial charge in [-0.2, -0.15) is 0 Å². The number of hydrogen-bond donors (Lipinski definition) is 0. The van der Waals surface area contributed by atoms with Gasteiger partial charge in [0.15, 0.2) is 0 Å². The number of carbonyl (C=O) groups is 1. The molecule has 1 heterocycles. The highest BCUT2D eigenvalue weighted by Crippen LogP contribution is 2.15.